The third kappa shape index (κ3) is 4.63. The second-order valence-corrected chi connectivity index (χ2v) is 4.14. The number of hydrogen-bond donors (Lipinski definition) is 3. The first kappa shape index (κ1) is 13.8. The molecule has 0 bridgehead atoms. The first-order valence-corrected chi connectivity index (χ1v) is 5.90. The van der Waals surface area contributed by atoms with Crippen molar-refractivity contribution < 1.29 is 14.9 Å². The molecule has 0 heterocycles. The van der Waals surface area contributed by atoms with E-state index in [-0.39, 0.29) is 11.5 Å². The highest BCUT2D eigenvalue weighted by molar-refractivity contribution is 5.40. The number of methoxy groups -OCH3 is 1. The third-order valence-corrected chi connectivity index (χ3v) is 2.64. The predicted octanol–water partition coefficient (Wildman–Crippen LogP) is 2.00. The van der Waals surface area contributed by atoms with Crippen molar-refractivity contribution >= 4 is 0 Å². The van der Waals surface area contributed by atoms with E-state index < -0.39 is 0 Å². The SMILES string of the molecule is CCCC(COC)NCc1ccc(O)c(O)c1. The molecule has 1 aromatic carbocycles. The van der Waals surface area contributed by atoms with Gasteiger partial charge in [-0.05, 0) is 24.1 Å². The number of phenolic OH excluding ortho intramolecular Hbond substituents is 2. The molecule has 0 saturated heterocycles. The van der Waals surface area contributed by atoms with Crippen LogP contribution in [0.5, 0.6) is 11.5 Å². The lowest BCUT2D eigenvalue weighted by atomic mass is 10.1. The maximum Gasteiger partial charge on any atom is 0.157 e. The highest BCUT2D eigenvalue weighted by Crippen LogP contribution is 2.24. The lowest BCUT2D eigenvalue weighted by Gasteiger charge is -2.17. The van der Waals surface area contributed by atoms with E-state index in [1.165, 1.54) is 6.07 Å². The summed E-state index contributed by atoms with van der Waals surface area (Å²) < 4.78 is 5.14. The van der Waals surface area contributed by atoms with Gasteiger partial charge in [-0.1, -0.05) is 19.4 Å². The van der Waals surface area contributed by atoms with Gasteiger partial charge in [0.05, 0.1) is 6.61 Å². The van der Waals surface area contributed by atoms with Crippen LogP contribution in [-0.2, 0) is 11.3 Å². The molecule has 0 aromatic heterocycles. The van der Waals surface area contributed by atoms with Crippen LogP contribution >= 0.6 is 0 Å². The van der Waals surface area contributed by atoms with Crippen molar-refractivity contribution in [2.45, 2.75) is 32.4 Å². The van der Waals surface area contributed by atoms with Crippen molar-refractivity contribution in [3.05, 3.63) is 23.8 Å². The van der Waals surface area contributed by atoms with Crippen LogP contribution < -0.4 is 5.32 Å². The molecule has 3 N–H and O–H groups in total. The average molecular weight is 239 g/mol. The van der Waals surface area contributed by atoms with Crippen LogP contribution in [0.3, 0.4) is 0 Å². The number of aromatic hydroxyl groups is 2. The summed E-state index contributed by atoms with van der Waals surface area (Å²) in [4.78, 5) is 0. The number of benzene rings is 1. The summed E-state index contributed by atoms with van der Waals surface area (Å²) in [5.74, 6) is -0.168. The molecule has 0 fully saturated rings. The summed E-state index contributed by atoms with van der Waals surface area (Å²) in [7, 11) is 1.69. The Morgan fingerprint density at radius 1 is 1.29 bits per heavy atom. The molecular formula is C13H21NO3. The van der Waals surface area contributed by atoms with E-state index in [0.717, 1.165) is 18.4 Å². The monoisotopic (exact) mass is 239 g/mol. The van der Waals surface area contributed by atoms with Gasteiger partial charge in [0.1, 0.15) is 0 Å². The molecule has 17 heavy (non-hydrogen) atoms. The molecule has 1 aromatic rings. The molecule has 0 radical (unpaired) electrons. The second-order valence-electron chi connectivity index (χ2n) is 4.14. The van der Waals surface area contributed by atoms with Crippen molar-refractivity contribution in [1.29, 1.82) is 0 Å². The average Bonchev–Trinajstić information content (AvgIpc) is 2.31. The minimum atomic E-state index is -0.0873. The number of hydrogen-bond acceptors (Lipinski definition) is 4. The van der Waals surface area contributed by atoms with E-state index in [2.05, 4.69) is 12.2 Å². The molecular weight excluding hydrogens is 218 g/mol. The van der Waals surface area contributed by atoms with Crippen LogP contribution in [0.15, 0.2) is 18.2 Å². The van der Waals surface area contributed by atoms with Crippen LogP contribution in [0.25, 0.3) is 0 Å². The number of phenols is 2. The lowest BCUT2D eigenvalue weighted by Crippen LogP contribution is -2.32. The van der Waals surface area contributed by atoms with E-state index in [9.17, 15) is 10.2 Å². The summed E-state index contributed by atoms with van der Waals surface area (Å²) in [5, 5.41) is 21.9. The van der Waals surface area contributed by atoms with Gasteiger partial charge in [-0.25, -0.2) is 0 Å². The van der Waals surface area contributed by atoms with Gasteiger partial charge in [0.2, 0.25) is 0 Å². The fourth-order valence-electron chi connectivity index (χ4n) is 1.74. The third-order valence-electron chi connectivity index (χ3n) is 2.64. The quantitative estimate of drug-likeness (QED) is 0.637. The van der Waals surface area contributed by atoms with Crippen LogP contribution in [-0.4, -0.2) is 30.0 Å². The zero-order valence-electron chi connectivity index (χ0n) is 10.4. The molecule has 0 aliphatic rings. The minimum Gasteiger partial charge on any atom is -0.504 e. The lowest BCUT2D eigenvalue weighted by molar-refractivity contribution is 0.161. The summed E-state index contributed by atoms with van der Waals surface area (Å²) in [6.45, 7) is 3.47. The van der Waals surface area contributed by atoms with Crippen LogP contribution in [0.1, 0.15) is 25.3 Å². The number of ether oxygens (including phenoxy) is 1. The van der Waals surface area contributed by atoms with Crippen molar-refractivity contribution in [2.24, 2.45) is 0 Å². The summed E-state index contributed by atoms with van der Waals surface area (Å²) >= 11 is 0. The molecule has 1 rings (SSSR count). The van der Waals surface area contributed by atoms with Gasteiger partial charge < -0.3 is 20.3 Å². The zero-order chi connectivity index (χ0) is 12.7. The molecule has 0 saturated carbocycles. The van der Waals surface area contributed by atoms with Crippen molar-refractivity contribution in [3.8, 4) is 11.5 Å². The Labute approximate surface area is 102 Å². The molecule has 0 amide bonds. The maximum absolute atomic E-state index is 9.37. The van der Waals surface area contributed by atoms with Crippen molar-refractivity contribution in [1.82, 2.24) is 5.32 Å². The Morgan fingerprint density at radius 3 is 2.65 bits per heavy atom. The van der Waals surface area contributed by atoms with E-state index in [0.29, 0.717) is 19.2 Å². The van der Waals surface area contributed by atoms with Gasteiger partial charge in [0.15, 0.2) is 11.5 Å². The summed E-state index contributed by atoms with van der Waals surface area (Å²) in [6, 6.07) is 5.17. The van der Waals surface area contributed by atoms with Gasteiger partial charge in [-0.3, -0.25) is 0 Å². The zero-order valence-corrected chi connectivity index (χ0v) is 10.4. The highest BCUT2D eigenvalue weighted by Gasteiger charge is 2.07. The first-order chi connectivity index (χ1) is 8.17. The van der Waals surface area contributed by atoms with Gasteiger partial charge in [0, 0.05) is 19.7 Å². The molecule has 96 valence electrons. The Balaban J connectivity index is 2.49. The topological polar surface area (TPSA) is 61.7 Å². The van der Waals surface area contributed by atoms with E-state index in [1.54, 1.807) is 19.2 Å². The van der Waals surface area contributed by atoms with E-state index in [1.807, 2.05) is 0 Å². The number of rotatable bonds is 7. The van der Waals surface area contributed by atoms with Crippen molar-refractivity contribution in [3.63, 3.8) is 0 Å². The predicted molar refractivity (Wildman–Crippen MR) is 67.2 cm³/mol. The Hall–Kier alpha value is -1.26. The Kier molecular flexibility index (Phi) is 5.80. The molecule has 4 nitrogen and oxygen atoms in total. The largest absolute Gasteiger partial charge is 0.504 e. The van der Waals surface area contributed by atoms with Gasteiger partial charge in [-0.2, -0.15) is 0 Å². The Bertz CT molecular complexity index is 335. The number of nitrogens with one attached hydrogen (secondary N) is 1. The summed E-state index contributed by atoms with van der Waals surface area (Å²) in [5.41, 5.74) is 0.942. The molecule has 1 unspecified atom stereocenters. The first-order valence-electron chi connectivity index (χ1n) is 5.90. The van der Waals surface area contributed by atoms with Crippen LogP contribution in [0, 0.1) is 0 Å². The standard InChI is InChI=1S/C13H21NO3/c1-3-4-11(9-17-2)14-8-10-5-6-12(15)13(16)7-10/h5-7,11,14-16H,3-4,8-9H2,1-2H3. The smallest absolute Gasteiger partial charge is 0.157 e. The van der Waals surface area contributed by atoms with Gasteiger partial charge >= 0.3 is 0 Å². The second kappa shape index (κ2) is 7.14. The molecule has 1 atom stereocenters. The van der Waals surface area contributed by atoms with Gasteiger partial charge in [-0.15, -0.1) is 0 Å². The maximum atomic E-state index is 9.37. The normalized spacial score (nSPS) is 12.6. The highest BCUT2D eigenvalue weighted by atomic mass is 16.5. The minimum absolute atomic E-state index is 0.0805. The molecule has 0 aliphatic carbocycles. The summed E-state index contributed by atoms with van der Waals surface area (Å²) in [6.07, 6.45) is 2.15. The van der Waals surface area contributed by atoms with Crippen molar-refractivity contribution in [2.75, 3.05) is 13.7 Å². The molecule has 4 heteroatoms. The fraction of sp³-hybridized carbons (Fsp3) is 0.538. The van der Waals surface area contributed by atoms with E-state index in [4.69, 9.17) is 4.74 Å². The molecule has 0 aliphatic heterocycles. The Morgan fingerprint density at radius 2 is 2.06 bits per heavy atom. The van der Waals surface area contributed by atoms with Crippen LogP contribution in [0.2, 0.25) is 0 Å². The van der Waals surface area contributed by atoms with Crippen LogP contribution in [0.4, 0.5) is 0 Å². The fourth-order valence-corrected chi connectivity index (χ4v) is 1.74. The molecule has 0 spiro atoms. The van der Waals surface area contributed by atoms with E-state index >= 15 is 0 Å². The van der Waals surface area contributed by atoms with Gasteiger partial charge in [0.25, 0.3) is 0 Å².